The van der Waals surface area contributed by atoms with Gasteiger partial charge in [-0.05, 0) is 47.2 Å². The van der Waals surface area contributed by atoms with Crippen molar-refractivity contribution in [1.82, 2.24) is 0 Å². The molecule has 25 heavy (non-hydrogen) atoms. The molecule has 3 rings (SSSR count). The molecule has 0 bridgehead atoms. The minimum Gasteiger partial charge on any atom is -0.206 e. The van der Waals surface area contributed by atoms with Gasteiger partial charge in [0.2, 0.25) is 0 Å². The molecular formula is C21H11F2NS. The van der Waals surface area contributed by atoms with Crippen LogP contribution < -0.4 is 0 Å². The van der Waals surface area contributed by atoms with E-state index in [0.717, 1.165) is 28.8 Å². The Morgan fingerprint density at radius 2 is 1.28 bits per heavy atom. The molecule has 0 fully saturated rings. The molecule has 0 aliphatic carbocycles. The lowest BCUT2D eigenvalue weighted by molar-refractivity contribution is 0.540. The SMILES string of the molecule is N#CSc1c(F)cc(C#Cc2ccc(-c3ccccc3)cc2)cc1F. The maximum atomic E-state index is 13.8. The van der Waals surface area contributed by atoms with Crippen LogP contribution in [-0.4, -0.2) is 0 Å². The van der Waals surface area contributed by atoms with Gasteiger partial charge in [0.25, 0.3) is 0 Å². The Balaban J connectivity index is 1.83. The summed E-state index contributed by atoms with van der Waals surface area (Å²) in [6.45, 7) is 0. The Hall–Kier alpha value is -3.08. The molecule has 0 saturated heterocycles. The highest BCUT2D eigenvalue weighted by molar-refractivity contribution is 8.03. The summed E-state index contributed by atoms with van der Waals surface area (Å²) >= 11 is 0.459. The molecule has 120 valence electrons. The lowest BCUT2D eigenvalue weighted by Crippen LogP contribution is -1.89. The average molecular weight is 347 g/mol. The zero-order valence-electron chi connectivity index (χ0n) is 13.0. The first-order valence-corrected chi connectivity index (χ1v) is 8.21. The molecule has 0 N–H and O–H groups in total. The summed E-state index contributed by atoms with van der Waals surface area (Å²) < 4.78 is 27.6. The first-order valence-electron chi connectivity index (χ1n) is 7.40. The highest BCUT2D eigenvalue weighted by Crippen LogP contribution is 2.25. The smallest absolute Gasteiger partial charge is 0.142 e. The van der Waals surface area contributed by atoms with E-state index < -0.39 is 11.6 Å². The molecule has 4 heteroatoms. The van der Waals surface area contributed by atoms with Crippen molar-refractivity contribution in [3.63, 3.8) is 0 Å². The highest BCUT2D eigenvalue weighted by Gasteiger charge is 2.11. The van der Waals surface area contributed by atoms with Crippen LogP contribution >= 0.6 is 11.8 Å². The highest BCUT2D eigenvalue weighted by atomic mass is 32.2. The fourth-order valence-corrected chi connectivity index (χ4v) is 2.70. The predicted octanol–water partition coefficient (Wildman–Crippen LogP) is 5.60. The molecular weight excluding hydrogens is 336 g/mol. The van der Waals surface area contributed by atoms with Gasteiger partial charge < -0.3 is 0 Å². The standard InChI is InChI=1S/C21H11F2NS/c22-19-12-16(13-20(23)21(19)25-14-24)7-6-15-8-10-18(11-9-15)17-4-2-1-3-5-17/h1-5,8-13H. The van der Waals surface area contributed by atoms with Crippen LogP contribution in [0.2, 0.25) is 0 Å². The van der Waals surface area contributed by atoms with Gasteiger partial charge in [-0.25, -0.2) is 8.78 Å². The predicted molar refractivity (Wildman–Crippen MR) is 95.7 cm³/mol. The second-order valence-electron chi connectivity index (χ2n) is 5.16. The second-order valence-corrected chi connectivity index (χ2v) is 5.95. The summed E-state index contributed by atoms with van der Waals surface area (Å²) in [6, 6.07) is 19.8. The third-order valence-electron chi connectivity index (χ3n) is 3.49. The number of hydrogen-bond donors (Lipinski definition) is 0. The largest absolute Gasteiger partial charge is 0.206 e. The summed E-state index contributed by atoms with van der Waals surface area (Å²) in [4.78, 5) is -0.305. The maximum absolute atomic E-state index is 13.8. The Morgan fingerprint density at radius 3 is 1.88 bits per heavy atom. The van der Waals surface area contributed by atoms with Crippen molar-refractivity contribution in [2.24, 2.45) is 0 Å². The number of rotatable bonds is 2. The van der Waals surface area contributed by atoms with E-state index >= 15 is 0 Å². The molecule has 0 unspecified atom stereocenters. The van der Waals surface area contributed by atoms with E-state index in [2.05, 4.69) is 11.8 Å². The molecule has 0 aliphatic heterocycles. The topological polar surface area (TPSA) is 23.8 Å². The Kier molecular flexibility index (Phi) is 5.14. The van der Waals surface area contributed by atoms with E-state index in [-0.39, 0.29) is 10.5 Å². The van der Waals surface area contributed by atoms with Crippen LogP contribution in [0.5, 0.6) is 0 Å². The molecule has 3 aromatic carbocycles. The summed E-state index contributed by atoms with van der Waals surface area (Å²) in [5.74, 6) is 4.08. The van der Waals surface area contributed by atoms with Crippen LogP contribution in [0, 0.1) is 34.1 Å². The Labute approximate surface area is 148 Å². The Bertz CT molecular complexity index is 971. The summed E-state index contributed by atoms with van der Waals surface area (Å²) in [5, 5.41) is 10.2. The van der Waals surface area contributed by atoms with Crippen molar-refractivity contribution < 1.29 is 8.78 Å². The van der Waals surface area contributed by atoms with Gasteiger partial charge in [-0.1, -0.05) is 54.3 Å². The normalized spacial score (nSPS) is 9.80. The van der Waals surface area contributed by atoms with E-state index in [9.17, 15) is 8.78 Å². The van der Waals surface area contributed by atoms with Crippen LogP contribution in [0.3, 0.4) is 0 Å². The molecule has 0 atom stereocenters. The quantitative estimate of drug-likeness (QED) is 0.342. The maximum Gasteiger partial charge on any atom is 0.142 e. The number of nitriles is 1. The molecule has 0 saturated carbocycles. The van der Waals surface area contributed by atoms with Crippen molar-refractivity contribution in [3.05, 3.63) is 89.5 Å². The van der Waals surface area contributed by atoms with Gasteiger partial charge >= 0.3 is 0 Å². The fraction of sp³-hybridized carbons (Fsp3) is 0. The van der Waals surface area contributed by atoms with Crippen LogP contribution in [0.25, 0.3) is 11.1 Å². The molecule has 0 aliphatic rings. The molecule has 0 heterocycles. The zero-order valence-corrected chi connectivity index (χ0v) is 13.8. The first-order chi connectivity index (χ1) is 12.2. The van der Waals surface area contributed by atoms with Gasteiger partial charge in [0, 0.05) is 11.1 Å². The van der Waals surface area contributed by atoms with Crippen LogP contribution in [0.4, 0.5) is 8.78 Å². The minimum absolute atomic E-state index is 0.226. The fourth-order valence-electron chi connectivity index (χ4n) is 2.30. The van der Waals surface area contributed by atoms with E-state index in [1.807, 2.05) is 54.6 Å². The lowest BCUT2D eigenvalue weighted by atomic mass is 10.0. The van der Waals surface area contributed by atoms with E-state index in [4.69, 9.17) is 5.26 Å². The van der Waals surface area contributed by atoms with Crippen LogP contribution in [0.15, 0.2) is 71.6 Å². The third kappa shape index (κ3) is 4.07. The van der Waals surface area contributed by atoms with Crippen LogP contribution in [-0.2, 0) is 0 Å². The monoisotopic (exact) mass is 347 g/mol. The van der Waals surface area contributed by atoms with Crippen LogP contribution in [0.1, 0.15) is 11.1 Å². The van der Waals surface area contributed by atoms with Gasteiger partial charge in [-0.15, -0.1) is 0 Å². The summed E-state index contributed by atoms with van der Waals surface area (Å²) in [6.07, 6.45) is 0. The van der Waals surface area contributed by atoms with Gasteiger partial charge in [0.15, 0.2) is 0 Å². The first kappa shape index (κ1) is 16.8. The van der Waals surface area contributed by atoms with Crippen molar-refractivity contribution in [3.8, 4) is 28.4 Å². The number of hydrogen-bond acceptors (Lipinski definition) is 2. The average Bonchev–Trinajstić information content (AvgIpc) is 2.64. The third-order valence-corrected chi connectivity index (χ3v) is 4.17. The number of nitrogens with zero attached hydrogens (tertiary/aromatic N) is 1. The molecule has 0 amide bonds. The molecule has 0 spiro atoms. The number of benzene rings is 3. The van der Waals surface area contributed by atoms with Gasteiger partial charge in [-0.3, -0.25) is 0 Å². The Morgan fingerprint density at radius 1 is 0.720 bits per heavy atom. The number of thiocyanates is 1. The zero-order chi connectivity index (χ0) is 17.6. The lowest BCUT2D eigenvalue weighted by Gasteiger charge is -2.01. The van der Waals surface area contributed by atoms with Gasteiger partial charge in [-0.2, -0.15) is 5.26 Å². The number of halogens is 2. The molecule has 0 radical (unpaired) electrons. The van der Waals surface area contributed by atoms with E-state index in [1.54, 1.807) is 5.40 Å². The minimum atomic E-state index is -0.782. The molecule has 0 aromatic heterocycles. The van der Waals surface area contributed by atoms with Crippen molar-refractivity contribution in [2.75, 3.05) is 0 Å². The molecule has 1 nitrogen and oxygen atoms in total. The van der Waals surface area contributed by atoms with E-state index in [0.29, 0.717) is 11.8 Å². The van der Waals surface area contributed by atoms with Gasteiger partial charge in [0.05, 0.1) is 4.90 Å². The van der Waals surface area contributed by atoms with Crippen molar-refractivity contribution in [1.29, 1.82) is 5.26 Å². The summed E-state index contributed by atoms with van der Waals surface area (Å²) in [5.41, 5.74) is 3.15. The van der Waals surface area contributed by atoms with Gasteiger partial charge in [0.1, 0.15) is 17.0 Å². The van der Waals surface area contributed by atoms with E-state index in [1.165, 1.54) is 0 Å². The number of thioether (sulfide) groups is 1. The summed E-state index contributed by atoms with van der Waals surface area (Å²) in [7, 11) is 0. The van der Waals surface area contributed by atoms with Crippen molar-refractivity contribution in [2.45, 2.75) is 4.90 Å². The van der Waals surface area contributed by atoms with Crippen molar-refractivity contribution >= 4 is 11.8 Å². The second kappa shape index (κ2) is 7.66. The molecule has 3 aromatic rings.